The summed E-state index contributed by atoms with van der Waals surface area (Å²) in [6.07, 6.45) is -0.0536. The Morgan fingerprint density at radius 2 is 0.990 bits per heavy atom. The van der Waals surface area contributed by atoms with Crippen molar-refractivity contribution in [3.63, 3.8) is 0 Å². The van der Waals surface area contributed by atoms with Gasteiger partial charge in [0.2, 0.25) is 65.0 Å². The predicted octanol–water partition coefficient (Wildman–Crippen LogP) is 2.48. The van der Waals surface area contributed by atoms with Gasteiger partial charge in [0, 0.05) is 62.0 Å². The van der Waals surface area contributed by atoms with E-state index in [9.17, 15) is 43.5 Å². The van der Waals surface area contributed by atoms with E-state index < -0.39 is 167 Å². The topological polar surface area (TPSA) is 362 Å². The Balaban J connectivity index is 2.98. The number of hydrogen-bond donors (Lipinski definition) is 7. The lowest BCUT2D eigenvalue weighted by atomic mass is 9.91. The van der Waals surface area contributed by atoms with Crippen molar-refractivity contribution in [2.45, 2.75) is 254 Å². The Hall–Kier alpha value is -6.72. The van der Waals surface area contributed by atoms with E-state index in [0.29, 0.717) is 45.3 Å². The molecule has 0 bridgehead atoms. The standard InChI is InChI=1S/C70H127N13O16/c1-23-50-66(92)77(17)48(15)65(91)82(22)57(49(16)98-33-28-26-30-83-31-35-97-36-32-83)63(89)75-54(43(8)9)69(95)78(18)51(37-40(2)3)60(86)72-46(13)59(85)73-47(14)64(90)79(19)52(38-41(4)5)67(93)80(20)53(39-42(6)7)68(94)81(21)56(44(10)11)62(88)76-55(61(87)74-50)58(84)45(12)29-25-24-27-34-99-70(71)96/h40-58,84H,23-39H2,1-22H3,(H2,71,96)(H,72,86)(H,73,85)(H,74,87)(H,75,89)(H,76,88)/t45-,46+,47-,48-,49-,50+,51+,52+,53+,54+,55+,56+,57+,58-/m1/s1. The van der Waals surface area contributed by atoms with Gasteiger partial charge >= 0.3 is 6.09 Å². The molecular weight excluding hydrogens is 1280 g/mol. The summed E-state index contributed by atoms with van der Waals surface area (Å²) in [6.45, 7) is 31.1. The molecule has 8 N–H and O–H groups in total. The molecule has 29 nitrogen and oxygen atoms in total. The smallest absolute Gasteiger partial charge is 0.404 e. The maximum atomic E-state index is 15.2. The fourth-order valence-corrected chi connectivity index (χ4v) is 12.6. The average Bonchev–Trinajstić information content (AvgIpc) is 0.819. The van der Waals surface area contributed by atoms with E-state index >= 15 is 19.2 Å². The van der Waals surface area contributed by atoms with Crippen molar-refractivity contribution in [2.24, 2.45) is 41.2 Å². The van der Waals surface area contributed by atoms with Gasteiger partial charge in [0.25, 0.3) is 0 Å². The summed E-state index contributed by atoms with van der Waals surface area (Å²) in [7, 11) is 8.43. The third kappa shape index (κ3) is 27.0. The molecule has 0 aromatic carbocycles. The average molecular weight is 1410 g/mol. The highest BCUT2D eigenvalue weighted by Gasteiger charge is 2.45. The molecule has 2 fully saturated rings. The number of nitrogens with two attached hydrogens (primary N) is 1. The quantitative estimate of drug-likeness (QED) is 0.0683. The minimum absolute atomic E-state index is 0.0457. The number of likely N-dealkylation sites (N-methyl/N-ethyl adjacent to an activating group) is 6. The molecule has 0 radical (unpaired) electrons. The molecule has 0 aromatic rings. The third-order valence-corrected chi connectivity index (χ3v) is 19.0. The van der Waals surface area contributed by atoms with Gasteiger partial charge in [-0.25, -0.2) is 4.79 Å². The zero-order valence-corrected chi connectivity index (χ0v) is 63.8. The minimum Gasteiger partial charge on any atom is -0.450 e. The summed E-state index contributed by atoms with van der Waals surface area (Å²) in [6, 6.07) is -14.5. The molecule has 568 valence electrons. The molecule has 2 rings (SSSR count). The fourth-order valence-electron chi connectivity index (χ4n) is 12.6. The summed E-state index contributed by atoms with van der Waals surface area (Å²) in [4.78, 5) is 184. The number of rotatable bonds is 24. The molecule has 0 saturated carbocycles. The molecular formula is C70H127N13O16. The normalized spacial score (nSPS) is 26.7. The molecule has 2 heterocycles. The second-order valence-corrected chi connectivity index (χ2v) is 29.3. The van der Waals surface area contributed by atoms with Gasteiger partial charge in [0.1, 0.15) is 66.5 Å². The van der Waals surface area contributed by atoms with Gasteiger partial charge < -0.3 is 81.0 Å². The van der Waals surface area contributed by atoms with Gasteiger partial charge in [-0.05, 0) is 121 Å². The van der Waals surface area contributed by atoms with Crippen LogP contribution in [0.2, 0.25) is 0 Å². The second-order valence-electron chi connectivity index (χ2n) is 29.3. The Labute approximate surface area is 589 Å². The molecule has 14 atom stereocenters. The van der Waals surface area contributed by atoms with Gasteiger partial charge in [-0.2, -0.15) is 0 Å². The first-order valence-corrected chi connectivity index (χ1v) is 35.8. The molecule has 2 saturated heterocycles. The Bertz CT molecular complexity index is 2660. The zero-order chi connectivity index (χ0) is 75.6. The van der Waals surface area contributed by atoms with Crippen molar-refractivity contribution in [3.8, 4) is 0 Å². The first-order valence-electron chi connectivity index (χ1n) is 35.8. The summed E-state index contributed by atoms with van der Waals surface area (Å²) in [5, 5.41) is 26.0. The van der Waals surface area contributed by atoms with E-state index in [1.54, 1.807) is 48.5 Å². The van der Waals surface area contributed by atoms with Crippen molar-refractivity contribution in [1.29, 1.82) is 0 Å². The number of aliphatic hydroxyl groups excluding tert-OH is 1. The van der Waals surface area contributed by atoms with Crippen molar-refractivity contribution < 1.29 is 76.9 Å². The number of hydrogen-bond acceptors (Lipinski definition) is 17. The Morgan fingerprint density at radius 1 is 0.505 bits per heavy atom. The number of carbonyl (C=O) groups is 12. The second kappa shape index (κ2) is 42.5. The van der Waals surface area contributed by atoms with E-state index in [4.69, 9.17) is 19.9 Å². The maximum Gasteiger partial charge on any atom is 0.404 e. The van der Waals surface area contributed by atoms with E-state index in [0.717, 1.165) is 35.9 Å². The predicted molar refractivity (Wildman–Crippen MR) is 375 cm³/mol. The van der Waals surface area contributed by atoms with Crippen LogP contribution in [0.1, 0.15) is 175 Å². The summed E-state index contributed by atoms with van der Waals surface area (Å²) in [5.41, 5.74) is 5.14. The molecule has 2 aliphatic rings. The van der Waals surface area contributed by atoms with E-state index in [-0.39, 0.29) is 56.7 Å². The van der Waals surface area contributed by atoms with E-state index in [1.807, 2.05) is 41.5 Å². The zero-order valence-electron chi connectivity index (χ0n) is 63.8. The van der Waals surface area contributed by atoms with Crippen LogP contribution in [-0.2, 0) is 67.0 Å². The van der Waals surface area contributed by atoms with Crippen LogP contribution in [0.3, 0.4) is 0 Å². The monoisotopic (exact) mass is 1410 g/mol. The Kier molecular flexibility index (Phi) is 38.0. The lowest BCUT2D eigenvalue weighted by molar-refractivity contribution is -0.154. The highest BCUT2D eigenvalue weighted by atomic mass is 16.5. The molecule has 0 aliphatic carbocycles. The summed E-state index contributed by atoms with van der Waals surface area (Å²) >= 11 is 0. The van der Waals surface area contributed by atoms with Crippen molar-refractivity contribution in [2.75, 3.05) is 88.3 Å². The molecule has 0 unspecified atom stereocenters. The van der Waals surface area contributed by atoms with Crippen LogP contribution in [0, 0.1) is 35.5 Å². The van der Waals surface area contributed by atoms with Gasteiger partial charge in [0.15, 0.2) is 0 Å². The van der Waals surface area contributed by atoms with E-state index in [2.05, 4.69) is 31.5 Å². The number of ether oxygens (including phenoxy) is 3. The molecule has 99 heavy (non-hydrogen) atoms. The van der Waals surface area contributed by atoms with Gasteiger partial charge in [-0.1, -0.05) is 95.9 Å². The van der Waals surface area contributed by atoms with Crippen LogP contribution in [0.5, 0.6) is 0 Å². The van der Waals surface area contributed by atoms with Crippen LogP contribution in [0.15, 0.2) is 0 Å². The number of nitrogens with zero attached hydrogens (tertiary/aromatic N) is 7. The summed E-state index contributed by atoms with van der Waals surface area (Å²) in [5.74, 6) is -10.6. The lowest BCUT2D eigenvalue weighted by Crippen LogP contribution is -2.64. The van der Waals surface area contributed by atoms with Crippen LogP contribution in [-0.4, -0.2) is 277 Å². The summed E-state index contributed by atoms with van der Waals surface area (Å²) < 4.78 is 16.7. The lowest BCUT2D eigenvalue weighted by Gasteiger charge is -2.40. The van der Waals surface area contributed by atoms with E-state index in [1.165, 1.54) is 82.7 Å². The number of unbranched alkanes of at least 4 members (excludes halogenated alkanes) is 3. The van der Waals surface area contributed by atoms with Gasteiger partial charge in [-0.3, -0.25) is 57.6 Å². The highest BCUT2D eigenvalue weighted by molar-refractivity contribution is 6.00. The highest BCUT2D eigenvalue weighted by Crippen LogP contribution is 2.25. The van der Waals surface area contributed by atoms with Crippen LogP contribution >= 0.6 is 0 Å². The Morgan fingerprint density at radius 3 is 1.52 bits per heavy atom. The largest absolute Gasteiger partial charge is 0.450 e. The fraction of sp³-hybridized carbons (Fsp3) is 0.829. The molecule has 0 aromatic heterocycles. The van der Waals surface area contributed by atoms with Crippen LogP contribution < -0.4 is 32.3 Å². The number of nitrogens with one attached hydrogen (secondary N) is 5. The first-order chi connectivity index (χ1) is 46.1. The third-order valence-electron chi connectivity index (χ3n) is 19.0. The number of amides is 12. The maximum absolute atomic E-state index is 15.2. The molecule has 2 aliphatic heterocycles. The molecule has 12 amide bonds. The van der Waals surface area contributed by atoms with Crippen molar-refractivity contribution in [1.82, 2.24) is 60.9 Å². The number of primary amides is 1. The van der Waals surface area contributed by atoms with Crippen molar-refractivity contribution in [3.05, 3.63) is 0 Å². The SMILES string of the molecule is CC[C@@H]1NC(=O)[C@H]([C@H](O)[C@H](C)CCCCCOC(N)=O)NC(=O)[C@H](C(C)C)N(C)C(=O)[C@H](CC(C)C)N(C)C(=O)[C@H](CC(C)C)N(C)C(=O)[C@@H](C)NC(=O)[C@H](C)NC(=O)[C@H](CC(C)C)N(C)C(=O)[C@H](C(C)C)NC(=O)[C@H]([C@@H](C)OCCCCN2CCOCC2)N(C)C(=O)[C@@H](C)N(C)C1=O. The molecule has 0 spiro atoms. The number of aliphatic hydroxyl groups is 1. The first kappa shape index (κ1) is 88.4. The number of carbonyl (C=O) groups excluding carboxylic acids is 12. The molecule has 29 heteroatoms. The van der Waals surface area contributed by atoms with Crippen LogP contribution in [0.4, 0.5) is 4.79 Å². The van der Waals surface area contributed by atoms with Gasteiger partial charge in [-0.15, -0.1) is 0 Å². The van der Waals surface area contributed by atoms with Crippen molar-refractivity contribution >= 4 is 71.1 Å². The number of morpholine rings is 1. The minimum atomic E-state index is -1.75. The van der Waals surface area contributed by atoms with Crippen LogP contribution in [0.25, 0.3) is 0 Å². The van der Waals surface area contributed by atoms with Gasteiger partial charge in [0.05, 0.1) is 32.0 Å².